The van der Waals surface area contributed by atoms with Crippen LogP contribution >= 0.6 is 11.3 Å². The molecule has 1 saturated heterocycles. The molecule has 0 atom stereocenters. The summed E-state index contributed by atoms with van der Waals surface area (Å²) in [7, 11) is 0. The van der Waals surface area contributed by atoms with Gasteiger partial charge in [-0.15, -0.1) is 11.3 Å². The van der Waals surface area contributed by atoms with Crippen LogP contribution in [0.4, 0.5) is 5.69 Å². The zero-order chi connectivity index (χ0) is 16.2. The van der Waals surface area contributed by atoms with E-state index in [-0.39, 0.29) is 12.0 Å². The molecule has 1 aliphatic rings. The molecule has 2 heterocycles. The average molecular weight is 331 g/mol. The lowest BCUT2D eigenvalue weighted by atomic mass is 10.1. The number of aromatic nitrogens is 1. The lowest BCUT2D eigenvalue weighted by Crippen LogP contribution is -2.34. The maximum absolute atomic E-state index is 12.3. The molecule has 2 aromatic rings. The van der Waals surface area contributed by atoms with Crippen LogP contribution in [0.1, 0.15) is 33.2 Å². The summed E-state index contributed by atoms with van der Waals surface area (Å²) in [4.78, 5) is 17.2. The number of nitrogens with one attached hydrogen (secondary N) is 2. The number of hydrogen-bond donors (Lipinski definition) is 2. The minimum atomic E-state index is -0.111. The molecule has 2 N–H and O–H groups in total. The first-order valence-electron chi connectivity index (χ1n) is 7.84. The molecule has 1 aromatic heterocycles. The van der Waals surface area contributed by atoms with Gasteiger partial charge in [0.1, 0.15) is 16.7 Å². The molecule has 1 amide bonds. The SMILES string of the molecule is Cc1nc(C)c(C(=O)Nc2ccc(OC3CCNCC3)cc2)s1. The normalized spacial score (nSPS) is 15.4. The van der Waals surface area contributed by atoms with Gasteiger partial charge in [0, 0.05) is 5.69 Å². The van der Waals surface area contributed by atoms with E-state index in [9.17, 15) is 4.79 Å². The second-order valence-corrected chi connectivity index (χ2v) is 6.90. The van der Waals surface area contributed by atoms with Crippen molar-refractivity contribution in [1.29, 1.82) is 0 Å². The van der Waals surface area contributed by atoms with Crippen molar-refractivity contribution < 1.29 is 9.53 Å². The summed E-state index contributed by atoms with van der Waals surface area (Å²) >= 11 is 1.41. The Kier molecular flexibility index (Phi) is 4.93. The van der Waals surface area contributed by atoms with E-state index in [1.54, 1.807) is 0 Å². The molecule has 0 bridgehead atoms. The number of carbonyl (C=O) groups is 1. The highest BCUT2D eigenvalue weighted by Crippen LogP contribution is 2.22. The molecule has 0 radical (unpaired) electrons. The van der Waals surface area contributed by atoms with Gasteiger partial charge in [0.15, 0.2) is 0 Å². The number of benzene rings is 1. The third kappa shape index (κ3) is 4.09. The zero-order valence-corrected chi connectivity index (χ0v) is 14.2. The second-order valence-electron chi connectivity index (χ2n) is 5.69. The van der Waals surface area contributed by atoms with Crippen LogP contribution in [-0.4, -0.2) is 30.1 Å². The summed E-state index contributed by atoms with van der Waals surface area (Å²) < 4.78 is 5.96. The number of piperidine rings is 1. The van der Waals surface area contributed by atoms with E-state index in [0.717, 1.165) is 48.1 Å². The number of carbonyl (C=O) groups excluding carboxylic acids is 1. The van der Waals surface area contributed by atoms with Gasteiger partial charge >= 0.3 is 0 Å². The van der Waals surface area contributed by atoms with Crippen molar-refractivity contribution in [3.63, 3.8) is 0 Å². The number of thiazole rings is 1. The molecule has 3 rings (SSSR count). The van der Waals surface area contributed by atoms with Gasteiger partial charge in [0.25, 0.3) is 5.91 Å². The van der Waals surface area contributed by atoms with Gasteiger partial charge in [-0.3, -0.25) is 4.79 Å². The highest BCUT2D eigenvalue weighted by atomic mass is 32.1. The highest BCUT2D eigenvalue weighted by molar-refractivity contribution is 7.13. The molecule has 1 aliphatic heterocycles. The zero-order valence-electron chi connectivity index (χ0n) is 13.4. The molecule has 0 aliphatic carbocycles. The Morgan fingerprint density at radius 1 is 1.26 bits per heavy atom. The molecule has 6 heteroatoms. The van der Waals surface area contributed by atoms with E-state index in [1.165, 1.54) is 11.3 Å². The summed E-state index contributed by atoms with van der Waals surface area (Å²) in [5, 5.41) is 7.13. The van der Waals surface area contributed by atoms with Crippen molar-refractivity contribution >= 4 is 22.9 Å². The van der Waals surface area contributed by atoms with Gasteiger partial charge in [-0.2, -0.15) is 0 Å². The van der Waals surface area contributed by atoms with Crippen molar-refractivity contribution in [2.45, 2.75) is 32.8 Å². The van der Waals surface area contributed by atoms with Crippen molar-refractivity contribution in [2.75, 3.05) is 18.4 Å². The molecule has 1 aromatic carbocycles. The van der Waals surface area contributed by atoms with Gasteiger partial charge in [-0.1, -0.05) is 0 Å². The standard InChI is InChI=1S/C17H21N3O2S/c1-11-16(23-12(2)19-11)17(21)20-13-3-5-14(6-4-13)22-15-7-9-18-10-8-15/h3-6,15,18H,7-10H2,1-2H3,(H,20,21). The Morgan fingerprint density at radius 3 is 2.57 bits per heavy atom. The van der Waals surface area contributed by atoms with Crippen LogP contribution in [0.5, 0.6) is 5.75 Å². The largest absolute Gasteiger partial charge is 0.490 e. The molecule has 0 saturated carbocycles. The maximum atomic E-state index is 12.3. The van der Waals surface area contributed by atoms with Crippen LogP contribution in [-0.2, 0) is 0 Å². The molecule has 23 heavy (non-hydrogen) atoms. The predicted octanol–water partition coefficient (Wildman–Crippen LogP) is 3.14. The van der Waals surface area contributed by atoms with E-state index in [0.29, 0.717) is 4.88 Å². The number of anilines is 1. The molecule has 122 valence electrons. The Bertz CT molecular complexity index is 676. The predicted molar refractivity (Wildman–Crippen MR) is 92.5 cm³/mol. The van der Waals surface area contributed by atoms with Crippen molar-refractivity contribution in [3.8, 4) is 5.75 Å². The van der Waals surface area contributed by atoms with Crippen LogP contribution in [0, 0.1) is 13.8 Å². The van der Waals surface area contributed by atoms with Gasteiger partial charge in [0.2, 0.25) is 0 Å². The average Bonchev–Trinajstić information content (AvgIpc) is 2.89. The summed E-state index contributed by atoms with van der Waals surface area (Å²) in [6.07, 6.45) is 2.34. The third-order valence-electron chi connectivity index (χ3n) is 3.81. The quantitative estimate of drug-likeness (QED) is 0.903. The second kappa shape index (κ2) is 7.10. The summed E-state index contributed by atoms with van der Waals surface area (Å²) in [5.41, 5.74) is 1.54. The number of rotatable bonds is 4. The number of amides is 1. The van der Waals surface area contributed by atoms with Crippen LogP contribution in [0.3, 0.4) is 0 Å². The Morgan fingerprint density at radius 2 is 1.96 bits per heavy atom. The van der Waals surface area contributed by atoms with Crippen LogP contribution in [0.2, 0.25) is 0 Å². The Hall–Kier alpha value is -1.92. The van der Waals surface area contributed by atoms with E-state index >= 15 is 0 Å². The molecule has 0 unspecified atom stereocenters. The fourth-order valence-corrected chi connectivity index (χ4v) is 3.47. The molecular weight excluding hydrogens is 310 g/mol. The lowest BCUT2D eigenvalue weighted by molar-refractivity contribution is 0.102. The molecular formula is C17H21N3O2S. The lowest BCUT2D eigenvalue weighted by Gasteiger charge is -2.23. The first-order chi connectivity index (χ1) is 11.1. The first kappa shape index (κ1) is 16.0. The van der Waals surface area contributed by atoms with Crippen molar-refractivity contribution in [2.24, 2.45) is 0 Å². The van der Waals surface area contributed by atoms with E-state index in [4.69, 9.17) is 4.74 Å². The van der Waals surface area contributed by atoms with Gasteiger partial charge in [0.05, 0.1) is 10.7 Å². The van der Waals surface area contributed by atoms with Crippen molar-refractivity contribution in [3.05, 3.63) is 39.8 Å². The minimum absolute atomic E-state index is 0.111. The topological polar surface area (TPSA) is 63.2 Å². The Balaban J connectivity index is 1.60. The van der Waals surface area contributed by atoms with E-state index in [2.05, 4.69) is 15.6 Å². The number of aryl methyl sites for hydroxylation is 2. The number of ether oxygens (including phenoxy) is 1. The van der Waals surface area contributed by atoms with Crippen molar-refractivity contribution in [1.82, 2.24) is 10.3 Å². The Labute approximate surface area is 140 Å². The van der Waals surface area contributed by atoms with Crippen LogP contribution in [0.25, 0.3) is 0 Å². The monoisotopic (exact) mass is 331 g/mol. The summed E-state index contributed by atoms with van der Waals surface area (Å²) in [5.74, 6) is 0.736. The molecule has 5 nitrogen and oxygen atoms in total. The minimum Gasteiger partial charge on any atom is -0.490 e. The maximum Gasteiger partial charge on any atom is 0.267 e. The summed E-state index contributed by atoms with van der Waals surface area (Å²) in [6.45, 7) is 5.77. The van der Waals surface area contributed by atoms with E-state index < -0.39 is 0 Å². The third-order valence-corrected chi connectivity index (χ3v) is 4.88. The fraction of sp³-hybridized carbons (Fsp3) is 0.412. The van der Waals surface area contributed by atoms with Crippen LogP contribution < -0.4 is 15.4 Å². The highest BCUT2D eigenvalue weighted by Gasteiger charge is 2.15. The molecule has 1 fully saturated rings. The fourth-order valence-electron chi connectivity index (χ4n) is 2.65. The molecule has 0 spiro atoms. The van der Waals surface area contributed by atoms with E-state index in [1.807, 2.05) is 38.1 Å². The van der Waals surface area contributed by atoms with Gasteiger partial charge in [-0.25, -0.2) is 4.98 Å². The summed E-state index contributed by atoms with van der Waals surface area (Å²) in [6, 6.07) is 7.56. The first-order valence-corrected chi connectivity index (χ1v) is 8.66. The van der Waals surface area contributed by atoms with Gasteiger partial charge in [-0.05, 0) is 64.0 Å². The van der Waals surface area contributed by atoms with Gasteiger partial charge < -0.3 is 15.4 Å². The van der Waals surface area contributed by atoms with Crippen LogP contribution in [0.15, 0.2) is 24.3 Å². The smallest absolute Gasteiger partial charge is 0.267 e. The number of nitrogens with zero attached hydrogens (tertiary/aromatic N) is 1. The number of hydrogen-bond acceptors (Lipinski definition) is 5.